The minimum atomic E-state index is 0.219. The van der Waals surface area contributed by atoms with E-state index in [0.717, 1.165) is 26.2 Å². The fraction of sp³-hybridized carbons (Fsp3) is 0.917. The van der Waals surface area contributed by atoms with Crippen molar-refractivity contribution in [2.24, 2.45) is 0 Å². The summed E-state index contributed by atoms with van der Waals surface area (Å²) < 4.78 is 0. The van der Waals surface area contributed by atoms with Gasteiger partial charge in [-0.15, -0.1) is 0 Å². The van der Waals surface area contributed by atoms with Gasteiger partial charge in [0.1, 0.15) is 0 Å². The van der Waals surface area contributed by atoms with Gasteiger partial charge in [0.05, 0.1) is 6.54 Å². The van der Waals surface area contributed by atoms with Gasteiger partial charge in [-0.3, -0.25) is 9.69 Å². The van der Waals surface area contributed by atoms with Crippen LogP contribution in [0.15, 0.2) is 0 Å². The normalized spacial score (nSPS) is 11.2. The molecule has 0 heterocycles. The quantitative estimate of drug-likeness (QED) is 0.668. The largest absolute Gasteiger partial charge is 0.342 e. The Balaban J connectivity index is 3.77. The molecule has 0 fully saturated rings. The molecule has 0 unspecified atom stereocenters. The second kappa shape index (κ2) is 8.53. The number of hydrogen-bond acceptors (Lipinski definition) is 3. The van der Waals surface area contributed by atoms with Crippen molar-refractivity contribution in [2.75, 3.05) is 39.8 Å². The predicted molar refractivity (Wildman–Crippen MR) is 68.6 cm³/mol. The average molecular weight is 229 g/mol. The summed E-state index contributed by atoms with van der Waals surface area (Å²) in [5.74, 6) is 0.219. The lowest BCUT2D eigenvalue weighted by atomic mass is 10.4. The van der Waals surface area contributed by atoms with Crippen molar-refractivity contribution in [3.8, 4) is 0 Å². The number of likely N-dealkylation sites (N-methyl/N-ethyl adjacent to an activating group) is 2. The van der Waals surface area contributed by atoms with Gasteiger partial charge in [0.2, 0.25) is 5.91 Å². The Morgan fingerprint density at radius 2 is 1.81 bits per heavy atom. The number of nitrogens with one attached hydrogen (secondary N) is 1. The standard InChI is InChI=1S/C12H27N3O/c1-6-15(7-2)12(16)10-14(5)9-8-13-11(3)4/h11,13H,6-10H2,1-5H3. The smallest absolute Gasteiger partial charge is 0.236 e. The van der Waals surface area contributed by atoms with Crippen molar-refractivity contribution in [1.82, 2.24) is 15.1 Å². The molecule has 4 heteroatoms. The Bertz CT molecular complexity index is 191. The van der Waals surface area contributed by atoms with Crippen LogP contribution in [0.5, 0.6) is 0 Å². The molecular weight excluding hydrogens is 202 g/mol. The van der Waals surface area contributed by atoms with E-state index in [1.807, 2.05) is 25.8 Å². The van der Waals surface area contributed by atoms with Crippen LogP contribution in [-0.2, 0) is 4.79 Å². The third kappa shape index (κ3) is 6.80. The summed E-state index contributed by atoms with van der Waals surface area (Å²) in [6.07, 6.45) is 0. The molecule has 0 bridgehead atoms. The fourth-order valence-electron chi connectivity index (χ4n) is 1.53. The summed E-state index contributed by atoms with van der Waals surface area (Å²) in [6, 6.07) is 0.506. The average Bonchev–Trinajstić information content (AvgIpc) is 2.18. The van der Waals surface area contributed by atoms with Crippen molar-refractivity contribution in [2.45, 2.75) is 33.7 Å². The minimum absolute atomic E-state index is 0.219. The Kier molecular flexibility index (Phi) is 8.21. The number of hydrogen-bond donors (Lipinski definition) is 1. The molecule has 0 aliphatic rings. The monoisotopic (exact) mass is 229 g/mol. The Hall–Kier alpha value is -0.610. The van der Waals surface area contributed by atoms with Crippen molar-refractivity contribution >= 4 is 5.91 Å². The van der Waals surface area contributed by atoms with Crippen LogP contribution < -0.4 is 5.32 Å². The van der Waals surface area contributed by atoms with Crippen LogP contribution in [0, 0.1) is 0 Å². The lowest BCUT2D eigenvalue weighted by molar-refractivity contribution is -0.131. The lowest BCUT2D eigenvalue weighted by Crippen LogP contribution is -2.41. The SMILES string of the molecule is CCN(CC)C(=O)CN(C)CCNC(C)C. The zero-order chi connectivity index (χ0) is 12.6. The van der Waals surface area contributed by atoms with Gasteiger partial charge in [-0.25, -0.2) is 0 Å². The van der Waals surface area contributed by atoms with Gasteiger partial charge in [0.25, 0.3) is 0 Å². The zero-order valence-corrected chi connectivity index (χ0v) is 11.4. The first-order valence-corrected chi connectivity index (χ1v) is 6.20. The predicted octanol–water partition coefficient (Wildman–Crippen LogP) is 0.785. The molecule has 16 heavy (non-hydrogen) atoms. The Morgan fingerprint density at radius 3 is 2.25 bits per heavy atom. The van der Waals surface area contributed by atoms with Crippen molar-refractivity contribution < 1.29 is 4.79 Å². The van der Waals surface area contributed by atoms with Crippen LogP contribution in [0.25, 0.3) is 0 Å². The number of amides is 1. The van der Waals surface area contributed by atoms with E-state index in [-0.39, 0.29) is 5.91 Å². The molecule has 0 spiro atoms. The molecule has 0 aromatic rings. The molecule has 0 saturated heterocycles. The fourth-order valence-corrected chi connectivity index (χ4v) is 1.53. The van der Waals surface area contributed by atoms with Crippen LogP contribution >= 0.6 is 0 Å². The van der Waals surface area contributed by atoms with Gasteiger partial charge in [0, 0.05) is 32.2 Å². The van der Waals surface area contributed by atoms with E-state index in [1.54, 1.807) is 0 Å². The van der Waals surface area contributed by atoms with Crippen LogP contribution in [-0.4, -0.2) is 61.5 Å². The van der Waals surface area contributed by atoms with E-state index in [0.29, 0.717) is 12.6 Å². The van der Waals surface area contributed by atoms with E-state index in [4.69, 9.17) is 0 Å². The number of rotatable bonds is 8. The zero-order valence-electron chi connectivity index (χ0n) is 11.4. The van der Waals surface area contributed by atoms with E-state index in [1.165, 1.54) is 0 Å². The van der Waals surface area contributed by atoms with Crippen molar-refractivity contribution in [3.63, 3.8) is 0 Å². The van der Waals surface area contributed by atoms with E-state index >= 15 is 0 Å². The molecule has 4 nitrogen and oxygen atoms in total. The highest BCUT2D eigenvalue weighted by atomic mass is 16.2. The van der Waals surface area contributed by atoms with Gasteiger partial charge < -0.3 is 10.2 Å². The third-order valence-corrected chi connectivity index (χ3v) is 2.57. The molecule has 0 aromatic heterocycles. The topological polar surface area (TPSA) is 35.6 Å². The van der Waals surface area contributed by atoms with Crippen LogP contribution in [0.2, 0.25) is 0 Å². The highest BCUT2D eigenvalue weighted by Gasteiger charge is 2.11. The molecule has 0 atom stereocenters. The molecule has 1 N–H and O–H groups in total. The molecule has 1 amide bonds. The first kappa shape index (κ1) is 15.4. The summed E-state index contributed by atoms with van der Waals surface area (Å²) in [5, 5.41) is 3.34. The first-order chi connectivity index (χ1) is 7.51. The Labute approximate surface area is 100.0 Å². The molecule has 0 saturated carbocycles. The molecular formula is C12H27N3O. The lowest BCUT2D eigenvalue weighted by Gasteiger charge is -2.23. The van der Waals surface area contributed by atoms with Gasteiger partial charge in [-0.1, -0.05) is 13.8 Å². The maximum Gasteiger partial charge on any atom is 0.236 e. The third-order valence-electron chi connectivity index (χ3n) is 2.57. The Morgan fingerprint density at radius 1 is 1.25 bits per heavy atom. The second-order valence-corrected chi connectivity index (χ2v) is 4.41. The maximum absolute atomic E-state index is 11.8. The van der Waals surface area contributed by atoms with Crippen molar-refractivity contribution in [3.05, 3.63) is 0 Å². The second-order valence-electron chi connectivity index (χ2n) is 4.41. The first-order valence-electron chi connectivity index (χ1n) is 6.20. The highest BCUT2D eigenvalue weighted by Crippen LogP contribution is 1.91. The highest BCUT2D eigenvalue weighted by molar-refractivity contribution is 5.78. The molecule has 96 valence electrons. The minimum Gasteiger partial charge on any atom is -0.342 e. The van der Waals surface area contributed by atoms with E-state index in [9.17, 15) is 4.79 Å². The summed E-state index contributed by atoms with van der Waals surface area (Å²) >= 11 is 0. The summed E-state index contributed by atoms with van der Waals surface area (Å²) in [6.45, 7) is 12.2. The molecule has 0 aromatic carbocycles. The maximum atomic E-state index is 11.8. The van der Waals surface area contributed by atoms with Gasteiger partial charge >= 0.3 is 0 Å². The van der Waals surface area contributed by atoms with E-state index in [2.05, 4.69) is 24.1 Å². The number of nitrogens with zero attached hydrogens (tertiary/aromatic N) is 2. The van der Waals surface area contributed by atoms with Gasteiger partial charge in [-0.05, 0) is 20.9 Å². The molecule has 0 aliphatic heterocycles. The van der Waals surface area contributed by atoms with Gasteiger partial charge in [0.15, 0.2) is 0 Å². The summed E-state index contributed by atoms with van der Waals surface area (Å²) in [5.41, 5.74) is 0. The van der Waals surface area contributed by atoms with Crippen molar-refractivity contribution in [1.29, 1.82) is 0 Å². The molecule has 0 radical (unpaired) electrons. The molecule has 0 rings (SSSR count). The van der Waals surface area contributed by atoms with Crippen LogP contribution in [0.1, 0.15) is 27.7 Å². The van der Waals surface area contributed by atoms with E-state index < -0.39 is 0 Å². The van der Waals surface area contributed by atoms with Crippen LogP contribution in [0.4, 0.5) is 0 Å². The van der Waals surface area contributed by atoms with Gasteiger partial charge in [-0.2, -0.15) is 0 Å². The van der Waals surface area contributed by atoms with Crippen LogP contribution in [0.3, 0.4) is 0 Å². The number of carbonyl (C=O) groups is 1. The molecule has 0 aliphatic carbocycles. The number of carbonyl (C=O) groups excluding carboxylic acids is 1. The summed E-state index contributed by atoms with van der Waals surface area (Å²) in [4.78, 5) is 15.7. The summed E-state index contributed by atoms with van der Waals surface area (Å²) in [7, 11) is 1.99.